The minimum absolute atomic E-state index is 0.676. The van der Waals surface area contributed by atoms with Gasteiger partial charge in [0.05, 0.1) is 11.6 Å². The van der Waals surface area contributed by atoms with E-state index in [1.807, 2.05) is 24.3 Å². The van der Waals surface area contributed by atoms with Gasteiger partial charge in [-0.3, -0.25) is 0 Å². The van der Waals surface area contributed by atoms with Gasteiger partial charge in [0.15, 0.2) is 24.8 Å². The molecule has 0 unspecified atom stereocenters. The highest BCUT2D eigenvalue weighted by atomic mass is 14.9. The molecule has 0 N–H and O–H groups in total. The Morgan fingerprint density at radius 3 is 2.14 bits per heavy atom. The number of nitrogens with zero attached hydrogens (tertiary/aromatic N) is 3. The van der Waals surface area contributed by atoms with Gasteiger partial charge in [0.2, 0.25) is 5.69 Å². The average Bonchev–Trinajstić information content (AvgIpc) is 3.28. The molecule has 2 aromatic heterocycles. The number of benzene rings is 1. The lowest BCUT2D eigenvalue weighted by molar-refractivity contribution is -0.697. The van der Waals surface area contributed by atoms with E-state index < -0.39 is 0 Å². The maximum atomic E-state index is 8.91. The number of hydrogen-bond donors (Lipinski definition) is 0. The zero-order chi connectivity index (χ0) is 19.2. The van der Waals surface area contributed by atoms with Crippen molar-refractivity contribution in [1.29, 1.82) is 5.26 Å². The number of aryl methyl sites for hydroxylation is 1. The predicted octanol–water partition coefficient (Wildman–Crippen LogP) is 4.46. The maximum Gasteiger partial charge on any atom is 0.210 e. The molecule has 3 aromatic rings. The highest BCUT2D eigenvalue weighted by molar-refractivity contribution is 5.61. The van der Waals surface area contributed by atoms with Crippen molar-refractivity contribution in [2.24, 2.45) is 0 Å². The summed E-state index contributed by atoms with van der Waals surface area (Å²) in [5.74, 6) is 0. The number of rotatable bonds is 6. The van der Waals surface area contributed by atoms with E-state index in [4.69, 9.17) is 5.26 Å². The van der Waals surface area contributed by atoms with Crippen LogP contribution in [0.15, 0.2) is 97.1 Å². The smallest absolute Gasteiger partial charge is 0.205 e. The first-order valence-electron chi connectivity index (χ1n) is 9.69. The fourth-order valence-corrected chi connectivity index (χ4v) is 3.46. The lowest BCUT2D eigenvalue weighted by atomic mass is 10.1. The molecule has 0 radical (unpaired) electrons. The van der Waals surface area contributed by atoms with Crippen molar-refractivity contribution >= 4 is 0 Å². The molecule has 1 aromatic carbocycles. The summed E-state index contributed by atoms with van der Waals surface area (Å²) in [5.41, 5.74) is 5.60. The van der Waals surface area contributed by atoms with E-state index in [0.29, 0.717) is 5.56 Å². The van der Waals surface area contributed by atoms with Gasteiger partial charge in [0.1, 0.15) is 6.54 Å². The molecule has 136 valence electrons. The van der Waals surface area contributed by atoms with Crippen LogP contribution in [0.1, 0.15) is 24.8 Å². The Morgan fingerprint density at radius 1 is 0.857 bits per heavy atom. The molecule has 0 spiro atoms. The Balaban J connectivity index is 1.39. The molecule has 4 rings (SSSR count). The predicted molar refractivity (Wildman–Crippen MR) is 109 cm³/mol. The highest BCUT2D eigenvalue weighted by Gasteiger charge is 2.08. The molecule has 0 saturated carbocycles. The van der Waals surface area contributed by atoms with Gasteiger partial charge in [-0.1, -0.05) is 23.8 Å². The van der Waals surface area contributed by atoms with Crippen LogP contribution >= 0.6 is 0 Å². The third-order valence-electron chi connectivity index (χ3n) is 5.08. The maximum absolute atomic E-state index is 8.91. The average molecular weight is 365 g/mol. The SMILES string of the molecule is N#Cc1ccc(-[n+]2ccc(-c3cc[n+](CCCC4=CCC=C4)cc3)cc2)cc1. The van der Waals surface area contributed by atoms with E-state index in [0.717, 1.165) is 31.5 Å². The second-order valence-electron chi connectivity index (χ2n) is 7.00. The van der Waals surface area contributed by atoms with Crippen molar-refractivity contribution in [3.05, 3.63) is 103 Å². The molecule has 0 saturated heterocycles. The van der Waals surface area contributed by atoms with Crippen LogP contribution in [0.25, 0.3) is 16.8 Å². The second-order valence-corrected chi connectivity index (χ2v) is 7.00. The van der Waals surface area contributed by atoms with Crippen LogP contribution in [0.3, 0.4) is 0 Å². The van der Waals surface area contributed by atoms with Crippen molar-refractivity contribution in [3.63, 3.8) is 0 Å². The van der Waals surface area contributed by atoms with Gasteiger partial charge in [-0.2, -0.15) is 9.83 Å². The van der Waals surface area contributed by atoms with Gasteiger partial charge in [0.25, 0.3) is 0 Å². The molecule has 28 heavy (non-hydrogen) atoms. The van der Waals surface area contributed by atoms with Crippen LogP contribution in [-0.4, -0.2) is 0 Å². The van der Waals surface area contributed by atoms with Crippen LogP contribution in [0.5, 0.6) is 0 Å². The van der Waals surface area contributed by atoms with Gasteiger partial charge in [-0.15, -0.1) is 0 Å². The van der Waals surface area contributed by atoms with Crippen LogP contribution in [0.2, 0.25) is 0 Å². The summed E-state index contributed by atoms with van der Waals surface area (Å²) in [7, 11) is 0. The summed E-state index contributed by atoms with van der Waals surface area (Å²) in [6.45, 7) is 1.04. The lowest BCUT2D eigenvalue weighted by Gasteiger charge is -2.02. The Labute approximate surface area is 166 Å². The molecule has 3 nitrogen and oxygen atoms in total. The standard InChI is InChI=1S/C25H23N3/c26-20-22-7-9-25(10-8-22)28-18-13-24(14-19-28)23-11-16-27(17-12-23)15-3-6-21-4-1-2-5-21/h1,4-5,7-14,16-19H,2-3,6,15H2/q+2. The Morgan fingerprint density at radius 2 is 1.54 bits per heavy atom. The first-order valence-corrected chi connectivity index (χ1v) is 9.69. The molecule has 0 bridgehead atoms. The normalized spacial score (nSPS) is 12.6. The number of pyridine rings is 2. The zero-order valence-corrected chi connectivity index (χ0v) is 15.8. The first kappa shape index (κ1) is 17.9. The number of allylic oxidation sites excluding steroid dienone is 4. The van der Waals surface area contributed by atoms with E-state index >= 15 is 0 Å². The summed E-state index contributed by atoms with van der Waals surface area (Å²) in [4.78, 5) is 0. The van der Waals surface area contributed by atoms with Crippen molar-refractivity contribution in [3.8, 4) is 22.9 Å². The molecule has 0 fully saturated rings. The van der Waals surface area contributed by atoms with E-state index in [1.54, 1.807) is 0 Å². The summed E-state index contributed by atoms with van der Waals surface area (Å²) in [5, 5.41) is 8.91. The Hall–Kier alpha value is -3.51. The molecular formula is C25H23N3+2. The topological polar surface area (TPSA) is 31.5 Å². The van der Waals surface area contributed by atoms with Crippen molar-refractivity contribution < 1.29 is 9.13 Å². The molecule has 3 heteroatoms. The highest BCUT2D eigenvalue weighted by Crippen LogP contribution is 2.17. The number of hydrogen-bond acceptors (Lipinski definition) is 1. The van der Waals surface area contributed by atoms with Gasteiger partial charge in [-0.05, 0) is 36.1 Å². The summed E-state index contributed by atoms with van der Waals surface area (Å²) < 4.78 is 4.31. The zero-order valence-electron chi connectivity index (χ0n) is 15.8. The quantitative estimate of drug-likeness (QED) is 0.594. The number of aromatic nitrogens is 2. The molecule has 0 amide bonds. The Kier molecular flexibility index (Phi) is 5.40. The molecule has 1 aliphatic rings. The van der Waals surface area contributed by atoms with Crippen LogP contribution in [-0.2, 0) is 6.54 Å². The molecule has 0 aliphatic heterocycles. The number of nitriles is 1. The monoisotopic (exact) mass is 365 g/mol. The minimum Gasteiger partial charge on any atom is -0.205 e. The van der Waals surface area contributed by atoms with Gasteiger partial charge < -0.3 is 0 Å². The van der Waals surface area contributed by atoms with Crippen LogP contribution in [0, 0.1) is 11.3 Å². The van der Waals surface area contributed by atoms with Crippen LogP contribution < -0.4 is 9.13 Å². The largest absolute Gasteiger partial charge is 0.210 e. The van der Waals surface area contributed by atoms with Crippen molar-refractivity contribution in [2.45, 2.75) is 25.8 Å². The summed E-state index contributed by atoms with van der Waals surface area (Å²) in [6.07, 6.45) is 18.6. The van der Waals surface area contributed by atoms with Crippen LogP contribution in [0.4, 0.5) is 0 Å². The second kappa shape index (κ2) is 8.45. The minimum atomic E-state index is 0.676. The van der Waals surface area contributed by atoms with Gasteiger partial charge in [0, 0.05) is 42.8 Å². The van der Waals surface area contributed by atoms with E-state index in [1.165, 1.54) is 16.7 Å². The molecule has 0 atom stereocenters. The van der Waals surface area contributed by atoms with Crippen molar-refractivity contribution in [1.82, 2.24) is 0 Å². The van der Waals surface area contributed by atoms with Gasteiger partial charge >= 0.3 is 0 Å². The summed E-state index contributed by atoms with van der Waals surface area (Å²) in [6, 6.07) is 18.3. The fourth-order valence-electron chi connectivity index (χ4n) is 3.46. The lowest BCUT2D eigenvalue weighted by Crippen LogP contribution is -2.32. The van der Waals surface area contributed by atoms with E-state index in [2.05, 4.69) is 82.5 Å². The molecular weight excluding hydrogens is 342 g/mol. The Bertz CT molecular complexity index is 1030. The first-order chi connectivity index (χ1) is 13.8. The third-order valence-corrected chi connectivity index (χ3v) is 5.08. The molecule has 1 aliphatic carbocycles. The van der Waals surface area contributed by atoms with E-state index in [-0.39, 0.29) is 0 Å². The van der Waals surface area contributed by atoms with Crippen molar-refractivity contribution in [2.75, 3.05) is 0 Å². The fraction of sp³-hybridized carbons (Fsp3) is 0.160. The van der Waals surface area contributed by atoms with Gasteiger partial charge in [-0.25, -0.2) is 4.57 Å². The summed E-state index contributed by atoms with van der Waals surface area (Å²) >= 11 is 0. The molecule has 2 heterocycles. The van der Waals surface area contributed by atoms with E-state index in [9.17, 15) is 0 Å². The third kappa shape index (κ3) is 4.24.